The summed E-state index contributed by atoms with van der Waals surface area (Å²) in [6.07, 6.45) is -5.02. The first-order chi connectivity index (χ1) is 13.1. The molecule has 0 heterocycles. The van der Waals surface area contributed by atoms with Crippen LogP contribution in [0.25, 0.3) is 0 Å². The first kappa shape index (κ1) is 20.6. The van der Waals surface area contributed by atoms with Gasteiger partial charge < -0.3 is 5.32 Å². The summed E-state index contributed by atoms with van der Waals surface area (Å²) in [5.41, 5.74) is 2.44. The number of halogens is 3. The zero-order valence-electron chi connectivity index (χ0n) is 14.3. The fraction of sp³-hybridized carbons (Fsp3) is 0.118. The largest absolute Gasteiger partial charge is 0.471 e. The summed E-state index contributed by atoms with van der Waals surface area (Å²) in [6, 6.07) is 10.4. The minimum absolute atomic E-state index is 0.0111. The van der Waals surface area contributed by atoms with Gasteiger partial charge in [-0.1, -0.05) is 18.2 Å². The number of hydrogen-bond donors (Lipinski definition) is 2. The number of nitro groups is 1. The maximum atomic E-state index is 12.3. The van der Waals surface area contributed by atoms with Crippen molar-refractivity contribution < 1.29 is 27.7 Å². The number of benzene rings is 2. The van der Waals surface area contributed by atoms with Crippen LogP contribution < -0.4 is 10.7 Å². The number of non-ortho nitro benzene ring substituents is 1. The lowest BCUT2D eigenvalue weighted by molar-refractivity contribution is -0.384. The molecule has 0 saturated heterocycles. The van der Waals surface area contributed by atoms with Gasteiger partial charge in [-0.3, -0.25) is 19.7 Å². The van der Waals surface area contributed by atoms with E-state index >= 15 is 0 Å². The summed E-state index contributed by atoms with van der Waals surface area (Å²) in [6.45, 7) is 1.48. The Morgan fingerprint density at radius 3 is 2.36 bits per heavy atom. The Morgan fingerprint density at radius 2 is 1.71 bits per heavy atom. The summed E-state index contributed by atoms with van der Waals surface area (Å²) in [5.74, 6) is -2.82. The summed E-state index contributed by atoms with van der Waals surface area (Å²) in [7, 11) is 0. The van der Waals surface area contributed by atoms with Crippen LogP contribution in [0, 0.1) is 10.1 Å². The van der Waals surface area contributed by atoms with E-state index in [0.29, 0.717) is 5.56 Å². The molecule has 0 atom stereocenters. The topological polar surface area (TPSA) is 114 Å². The lowest BCUT2D eigenvalue weighted by Crippen LogP contribution is -2.29. The van der Waals surface area contributed by atoms with E-state index in [9.17, 15) is 32.9 Å². The van der Waals surface area contributed by atoms with Crippen LogP contribution in [0.3, 0.4) is 0 Å². The van der Waals surface area contributed by atoms with Gasteiger partial charge in [0.05, 0.1) is 10.6 Å². The molecule has 11 heteroatoms. The third-order valence-corrected chi connectivity index (χ3v) is 3.44. The third kappa shape index (κ3) is 5.37. The van der Waals surface area contributed by atoms with Gasteiger partial charge in [-0.2, -0.15) is 18.3 Å². The third-order valence-electron chi connectivity index (χ3n) is 3.44. The molecule has 0 saturated carbocycles. The highest BCUT2D eigenvalue weighted by Gasteiger charge is 2.38. The standard InChI is InChI=1S/C17H13F3N4O4/c1-10(11-4-2-6-13(8-11)21-16(26)17(18,19)20)22-23-15(25)12-5-3-7-14(9-12)24(27)28/h2-9H,1H3,(H,21,26)(H,23,25). The molecule has 0 aliphatic carbocycles. The fourth-order valence-corrected chi connectivity index (χ4v) is 2.05. The van der Waals surface area contributed by atoms with Gasteiger partial charge in [0.1, 0.15) is 0 Å². The van der Waals surface area contributed by atoms with Gasteiger partial charge in [0, 0.05) is 23.4 Å². The second kappa shape index (κ2) is 8.29. The number of nitrogens with zero attached hydrogens (tertiary/aromatic N) is 2. The second-order valence-electron chi connectivity index (χ2n) is 5.48. The Hall–Kier alpha value is -3.76. The SMILES string of the molecule is CC(=NNC(=O)c1cccc([N+](=O)[O-])c1)c1cccc(NC(=O)C(F)(F)F)c1. The Kier molecular flexibility index (Phi) is 6.08. The number of anilines is 1. The van der Waals surface area contributed by atoms with Crippen LogP contribution in [0.5, 0.6) is 0 Å². The van der Waals surface area contributed by atoms with Gasteiger partial charge >= 0.3 is 12.1 Å². The van der Waals surface area contributed by atoms with E-state index in [1.165, 1.54) is 49.4 Å². The number of alkyl halides is 3. The molecule has 0 aliphatic heterocycles. The molecule has 0 radical (unpaired) electrons. The van der Waals surface area contributed by atoms with E-state index < -0.39 is 22.9 Å². The zero-order valence-corrected chi connectivity index (χ0v) is 14.3. The van der Waals surface area contributed by atoms with E-state index in [-0.39, 0.29) is 22.6 Å². The quantitative estimate of drug-likeness (QED) is 0.460. The van der Waals surface area contributed by atoms with Crippen molar-refractivity contribution in [1.82, 2.24) is 5.43 Å². The normalized spacial score (nSPS) is 11.6. The molecule has 28 heavy (non-hydrogen) atoms. The number of carbonyl (C=O) groups is 2. The van der Waals surface area contributed by atoms with Crippen molar-refractivity contribution in [3.05, 3.63) is 69.8 Å². The summed E-state index contributed by atoms with van der Waals surface area (Å²) >= 11 is 0. The molecule has 2 aromatic carbocycles. The maximum absolute atomic E-state index is 12.3. The van der Waals surface area contributed by atoms with Crippen LogP contribution in [0.15, 0.2) is 53.6 Å². The first-order valence-corrected chi connectivity index (χ1v) is 7.65. The summed E-state index contributed by atoms with van der Waals surface area (Å²) in [4.78, 5) is 33.1. The van der Waals surface area contributed by atoms with Gasteiger partial charge in [0.15, 0.2) is 0 Å². The number of hydrogen-bond acceptors (Lipinski definition) is 5. The lowest BCUT2D eigenvalue weighted by atomic mass is 10.1. The molecular weight excluding hydrogens is 381 g/mol. The van der Waals surface area contributed by atoms with Crippen LogP contribution in [0.2, 0.25) is 0 Å². The molecule has 0 bridgehead atoms. The van der Waals surface area contributed by atoms with Crippen LogP contribution >= 0.6 is 0 Å². The van der Waals surface area contributed by atoms with E-state index in [4.69, 9.17) is 0 Å². The van der Waals surface area contributed by atoms with Gasteiger partial charge in [-0.15, -0.1) is 0 Å². The zero-order chi connectivity index (χ0) is 20.9. The predicted molar refractivity (Wildman–Crippen MR) is 93.9 cm³/mol. The molecule has 2 N–H and O–H groups in total. The van der Waals surface area contributed by atoms with E-state index in [2.05, 4.69) is 10.5 Å². The van der Waals surface area contributed by atoms with Crippen LogP contribution in [-0.4, -0.2) is 28.6 Å². The lowest BCUT2D eigenvalue weighted by Gasteiger charge is -2.09. The molecule has 0 spiro atoms. The number of rotatable bonds is 5. The molecule has 0 fully saturated rings. The first-order valence-electron chi connectivity index (χ1n) is 7.65. The summed E-state index contributed by atoms with van der Waals surface area (Å²) < 4.78 is 37.0. The highest BCUT2D eigenvalue weighted by atomic mass is 19.4. The molecule has 2 aromatic rings. The van der Waals surface area contributed by atoms with Crippen molar-refractivity contribution in [2.45, 2.75) is 13.1 Å². The van der Waals surface area contributed by atoms with Gasteiger partial charge in [-0.05, 0) is 30.7 Å². The van der Waals surface area contributed by atoms with Crippen molar-refractivity contribution >= 4 is 28.9 Å². The Bertz CT molecular complexity index is 957. The van der Waals surface area contributed by atoms with Crippen molar-refractivity contribution in [2.24, 2.45) is 5.10 Å². The second-order valence-corrected chi connectivity index (χ2v) is 5.48. The highest BCUT2D eigenvalue weighted by molar-refractivity contribution is 6.02. The maximum Gasteiger partial charge on any atom is 0.471 e. The average molecular weight is 394 g/mol. The van der Waals surface area contributed by atoms with Crippen molar-refractivity contribution in [3.8, 4) is 0 Å². The van der Waals surface area contributed by atoms with Crippen molar-refractivity contribution in [2.75, 3.05) is 5.32 Å². The smallest absolute Gasteiger partial charge is 0.318 e. The molecular formula is C17H13F3N4O4. The predicted octanol–water partition coefficient (Wildman–Crippen LogP) is 3.25. The van der Waals surface area contributed by atoms with Crippen molar-refractivity contribution in [3.63, 3.8) is 0 Å². The van der Waals surface area contributed by atoms with E-state index in [0.717, 1.165) is 6.07 Å². The minimum Gasteiger partial charge on any atom is -0.318 e. The Morgan fingerprint density at radius 1 is 1.07 bits per heavy atom. The van der Waals surface area contributed by atoms with E-state index in [1.54, 1.807) is 5.32 Å². The highest BCUT2D eigenvalue weighted by Crippen LogP contribution is 2.19. The van der Waals surface area contributed by atoms with Crippen LogP contribution in [-0.2, 0) is 4.79 Å². The molecule has 0 aliphatic rings. The van der Waals surface area contributed by atoms with Gasteiger partial charge in [0.25, 0.3) is 11.6 Å². The molecule has 2 amide bonds. The Labute approximate surface area is 156 Å². The molecule has 0 unspecified atom stereocenters. The Balaban J connectivity index is 2.12. The molecule has 2 rings (SSSR count). The average Bonchev–Trinajstić information content (AvgIpc) is 2.65. The number of nitrogens with one attached hydrogen (secondary N) is 2. The van der Waals surface area contributed by atoms with Crippen LogP contribution in [0.4, 0.5) is 24.5 Å². The molecule has 8 nitrogen and oxygen atoms in total. The number of carbonyl (C=O) groups excluding carboxylic acids is 2. The number of amides is 2. The minimum atomic E-state index is -5.02. The summed E-state index contributed by atoms with van der Waals surface area (Å²) in [5, 5.41) is 16.3. The number of hydrazone groups is 1. The number of nitro benzene ring substituents is 1. The van der Waals surface area contributed by atoms with Crippen LogP contribution in [0.1, 0.15) is 22.8 Å². The molecule has 146 valence electrons. The monoisotopic (exact) mass is 394 g/mol. The fourth-order valence-electron chi connectivity index (χ4n) is 2.05. The van der Waals surface area contributed by atoms with Crippen molar-refractivity contribution in [1.29, 1.82) is 0 Å². The van der Waals surface area contributed by atoms with E-state index in [1.807, 2.05) is 0 Å². The van der Waals surface area contributed by atoms with Gasteiger partial charge in [0.2, 0.25) is 0 Å². The van der Waals surface area contributed by atoms with Gasteiger partial charge in [-0.25, -0.2) is 5.43 Å². The molecule has 0 aromatic heterocycles.